The van der Waals surface area contributed by atoms with Gasteiger partial charge < -0.3 is 5.11 Å². The summed E-state index contributed by atoms with van der Waals surface area (Å²) in [6.45, 7) is 0. The fraction of sp³-hybridized carbons (Fsp3) is 0.0625. The second-order valence-corrected chi connectivity index (χ2v) is 4.33. The van der Waals surface area contributed by atoms with Crippen LogP contribution in [0.2, 0.25) is 0 Å². The molecule has 1 N–H and O–H groups in total. The van der Waals surface area contributed by atoms with Gasteiger partial charge in [-0.05, 0) is 41.0 Å². The van der Waals surface area contributed by atoms with E-state index in [1.165, 1.54) is 16.7 Å². The molecule has 0 saturated heterocycles. The zero-order valence-electron chi connectivity index (χ0n) is 9.82. The van der Waals surface area contributed by atoms with Crippen LogP contribution in [-0.4, -0.2) is 10.1 Å². The minimum atomic E-state index is 0.286. The maximum atomic E-state index is 9.29. The Kier molecular flexibility index (Phi) is 2.69. The van der Waals surface area contributed by atoms with E-state index < -0.39 is 0 Å². The number of hydrogen-bond donors (Lipinski definition) is 1. The van der Waals surface area contributed by atoms with E-state index in [0.29, 0.717) is 5.75 Å². The molecule has 2 nitrogen and oxygen atoms in total. The van der Waals surface area contributed by atoms with Crippen molar-refractivity contribution in [2.45, 2.75) is 5.92 Å². The third kappa shape index (κ3) is 2.05. The van der Waals surface area contributed by atoms with Crippen molar-refractivity contribution in [3.8, 4) is 5.75 Å². The van der Waals surface area contributed by atoms with E-state index in [1.54, 1.807) is 24.5 Å². The molecule has 0 saturated carbocycles. The Morgan fingerprint density at radius 1 is 0.944 bits per heavy atom. The van der Waals surface area contributed by atoms with Crippen LogP contribution in [0.15, 0.2) is 67.0 Å². The lowest BCUT2D eigenvalue weighted by atomic mass is 10.00. The van der Waals surface area contributed by atoms with Crippen molar-refractivity contribution in [2.24, 2.45) is 0 Å². The van der Waals surface area contributed by atoms with E-state index in [4.69, 9.17) is 0 Å². The Hall–Kier alpha value is -2.35. The van der Waals surface area contributed by atoms with Crippen LogP contribution in [0.1, 0.15) is 17.0 Å². The molecule has 0 fully saturated rings. The Morgan fingerprint density at radius 2 is 1.67 bits per heavy atom. The average Bonchev–Trinajstić information content (AvgIpc) is 2.90. The molecule has 2 aromatic rings. The zero-order chi connectivity index (χ0) is 12.4. The van der Waals surface area contributed by atoms with Crippen molar-refractivity contribution < 1.29 is 5.11 Å². The minimum absolute atomic E-state index is 0.286. The van der Waals surface area contributed by atoms with E-state index in [9.17, 15) is 5.11 Å². The van der Waals surface area contributed by atoms with Crippen molar-refractivity contribution in [1.82, 2.24) is 4.98 Å². The van der Waals surface area contributed by atoms with Gasteiger partial charge in [0, 0.05) is 18.3 Å². The van der Waals surface area contributed by atoms with Crippen LogP contribution in [0.4, 0.5) is 0 Å². The second-order valence-electron chi connectivity index (χ2n) is 4.33. The van der Waals surface area contributed by atoms with E-state index in [2.05, 4.69) is 23.2 Å². The van der Waals surface area contributed by atoms with Gasteiger partial charge in [0.2, 0.25) is 0 Å². The molecule has 1 aromatic heterocycles. The highest BCUT2D eigenvalue weighted by molar-refractivity contribution is 5.77. The summed E-state index contributed by atoms with van der Waals surface area (Å²) in [5.41, 5.74) is 3.59. The molecular weight excluding hydrogens is 222 g/mol. The van der Waals surface area contributed by atoms with Crippen molar-refractivity contribution in [2.75, 3.05) is 0 Å². The number of nitrogens with zero attached hydrogens (tertiary/aromatic N) is 1. The Balaban J connectivity index is 1.89. The maximum absolute atomic E-state index is 9.29. The first-order valence-corrected chi connectivity index (χ1v) is 5.92. The SMILES string of the molecule is Oc1ccc(C2C=CC(c3ccncc3)=C2)cc1. The summed E-state index contributed by atoms with van der Waals surface area (Å²) in [5.74, 6) is 0.591. The number of pyridine rings is 1. The normalized spacial score (nSPS) is 17.8. The van der Waals surface area contributed by atoms with Crippen LogP contribution in [0.3, 0.4) is 0 Å². The predicted molar refractivity (Wildman–Crippen MR) is 72.2 cm³/mol. The molecule has 2 heteroatoms. The van der Waals surface area contributed by atoms with Crippen molar-refractivity contribution in [3.05, 3.63) is 78.1 Å². The first kappa shape index (κ1) is 10.8. The van der Waals surface area contributed by atoms with Crippen molar-refractivity contribution in [3.63, 3.8) is 0 Å². The van der Waals surface area contributed by atoms with E-state index in [1.807, 2.05) is 24.3 Å². The summed E-state index contributed by atoms with van der Waals surface area (Å²) in [4.78, 5) is 4.02. The molecule has 3 rings (SSSR count). The number of phenolic OH excluding ortho intramolecular Hbond substituents is 1. The predicted octanol–water partition coefficient (Wildman–Crippen LogP) is 3.52. The summed E-state index contributed by atoms with van der Waals surface area (Å²) >= 11 is 0. The van der Waals surface area contributed by atoms with E-state index in [0.717, 1.165) is 0 Å². The van der Waals surface area contributed by atoms with Crippen LogP contribution in [0.5, 0.6) is 5.75 Å². The summed E-state index contributed by atoms with van der Waals surface area (Å²) in [6.07, 6.45) is 10.1. The summed E-state index contributed by atoms with van der Waals surface area (Å²) < 4.78 is 0. The molecule has 0 bridgehead atoms. The molecule has 1 heterocycles. The smallest absolute Gasteiger partial charge is 0.115 e. The Bertz CT molecular complexity index is 597. The topological polar surface area (TPSA) is 33.1 Å². The molecule has 1 aliphatic rings. The minimum Gasteiger partial charge on any atom is -0.508 e. The molecular formula is C16H13NO. The number of benzene rings is 1. The largest absolute Gasteiger partial charge is 0.508 e. The molecule has 88 valence electrons. The van der Waals surface area contributed by atoms with Crippen LogP contribution >= 0.6 is 0 Å². The lowest BCUT2D eigenvalue weighted by Gasteiger charge is -2.05. The van der Waals surface area contributed by atoms with Gasteiger partial charge >= 0.3 is 0 Å². The summed E-state index contributed by atoms with van der Waals surface area (Å²) in [6, 6.07) is 11.4. The number of aromatic nitrogens is 1. The van der Waals surface area contributed by atoms with Gasteiger partial charge in [-0.25, -0.2) is 0 Å². The quantitative estimate of drug-likeness (QED) is 0.863. The summed E-state index contributed by atoms with van der Waals surface area (Å²) in [7, 11) is 0. The van der Waals surface area contributed by atoms with Gasteiger partial charge in [-0.15, -0.1) is 0 Å². The second kappa shape index (κ2) is 4.49. The van der Waals surface area contributed by atoms with Gasteiger partial charge in [0.1, 0.15) is 5.75 Å². The molecule has 0 aliphatic heterocycles. The van der Waals surface area contributed by atoms with Crippen molar-refractivity contribution in [1.29, 1.82) is 0 Å². The number of phenols is 1. The van der Waals surface area contributed by atoms with E-state index in [-0.39, 0.29) is 5.92 Å². The Morgan fingerprint density at radius 3 is 2.39 bits per heavy atom. The van der Waals surface area contributed by atoms with Crippen molar-refractivity contribution >= 4 is 5.57 Å². The maximum Gasteiger partial charge on any atom is 0.115 e. The molecule has 0 radical (unpaired) electrons. The molecule has 0 spiro atoms. The third-order valence-electron chi connectivity index (χ3n) is 3.13. The van der Waals surface area contributed by atoms with Gasteiger partial charge in [0.25, 0.3) is 0 Å². The number of hydrogen-bond acceptors (Lipinski definition) is 2. The number of aromatic hydroxyl groups is 1. The van der Waals surface area contributed by atoms with Gasteiger partial charge in [0.15, 0.2) is 0 Å². The monoisotopic (exact) mass is 235 g/mol. The first-order valence-electron chi connectivity index (χ1n) is 5.92. The zero-order valence-corrected chi connectivity index (χ0v) is 9.82. The summed E-state index contributed by atoms with van der Waals surface area (Å²) in [5, 5.41) is 9.29. The van der Waals surface area contributed by atoms with Gasteiger partial charge in [-0.1, -0.05) is 30.4 Å². The fourth-order valence-electron chi connectivity index (χ4n) is 2.15. The molecule has 0 amide bonds. The molecule has 1 aromatic carbocycles. The highest BCUT2D eigenvalue weighted by Crippen LogP contribution is 2.31. The Labute approximate surface area is 106 Å². The lowest BCUT2D eigenvalue weighted by molar-refractivity contribution is 0.475. The van der Waals surface area contributed by atoms with Crippen LogP contribution in [0, 0.1) is 0 Å². The molecule has 18 heavy (non-hydrogen) atoms. The number of rotatable bonds is 2. The highest BCUT2D eigenvalue weighted by atomic mass is 16.3. The fourth-order valence-corrected chi connectivity index (χ4v) is 2.15. The standard InChI is InChI=1S/C16H13NO/c18-16-5-3-12(4-6-16)14-1-2-15(11-14)13-7-9-17-10-8-13/h1-11,14,18H. The van der Waals surface area contributed by atoms with Crippen LogP contribution in [0.25, 0.3) is 5.57 Å². The first-order chi connectivity index (χ1) is 8.83. The lowest BCUT2D eigenvalue weighted by Crippen LogP contribution is -1.87. The highest BCUT2D eigenvalue weighted by Gasteiger charge is 2.12. The van der Waals surface area contributed by atoms with Gasteiger partial charge in [-0.3, -0.25) is 4.98 Å². The van der Waals surface area contributed by atoms with Crippen LogP contribution < -0.4 is 0 Å². The van der Waals surface area contributed by atoms with Gasteiger partial charge in [0.05, 0.1) is 0 Å². The average molecular weight is 235 g/mol. The van der Waals surface area contributed by atoms with Crippen LogP contribution in [-0.2, 0) is 0 Å². The van der Waals surface area contributed by atoms with E-state index >= 15 is 0 Å². The van der Waals surface area contributed by atoms with Gasteiger partial charge in [-0.2, -0.15) is 0 Å². The molecule has 1 aliphatic carbocycles. The third-order valence-corrected chi connectivity index (χ3v) is 3.13. The molecule has 1 atom stereocenters. The molecule has 1 unspecified atom stereocenters. The number of allylic oxidation sites excluding steroid dienone is 4.